The van der Waals surface area contributed by atoms with Crippen LogP contribution in [0.5, 0.6) is 0 Å². The van der Waals surface area contributed by atoms with E-state index in [4.69, 9.17) is 5.73 Å². The van der Waals surface area contributed by atoms with Gasteiger partial charge in [-0.25, -0.2) is 0 Å². The lowest BCUT2D eigenvalue weighted by atomic mass is 10.00. The van der Waals surface area contributed by atoms with Crippen LogP contribution in [-0.4, -0.2) is 12.5 Å². The quantitative estimate of drug-likeness (QED) is 0.777. The lowest BCUT2D eigenvalue weighted by molar-refractivity contribution is -0.117. The maximum atomic E-state index is 10.6. The van der Waals surface area contributed by atoms with Crippen molar-refractivity contribution in [2.45, 2.75) is 27.3 Å². The second-order valence-electron chi connectivity index (χ2n) is 3.95. The van der Waals surface area contributed by atoms with E-state index in [-0.39, 0.29) is 12.5 Å². The number of nitrogens with one attached hydrogen (secondary N) is 1. The summed E-state index contributed by atoms with van der Waals surface area (Å²) in [5.41, 5.74) is 10.1. The minimum atomic E-state index is -0.322. The van der Waals surface area contributed by atoms with Crippen molar-refractivity contribution in [2.24, 2.45) is 5.73 Å². The van der Waals surface area contributed by atoms with Crippen LogP contribution in [-0.2, 0) is 11.3 Å². The van der Waals surface area contributed by atoms with Crippen molar-refractivity contribution in [1.29, 1.82) is 0 Å². The van der Waals surface area contributed by atoms with Crippen molar-refractivity contribution < 1.29 is 4.79 Å². The van der Waals surface area contributed by atoms with Crippen molar-refractivity contribution in [2.75, 3.05) is 6.54 Å². The van der Waals surface area contributed by atoms with Crippen molar-refractivity contribution in [3.05, 3.63) is 34.4 Å². The number of amides is 1. The molecule has 0 spiro atoms. The first kappa shape index (κ1) is 11.7. The van der Waals surface area contributed by atoms with E-state index in [9.17, 15) is 4.79 Å². The predicted octanol–water partition coefficient (Wildman–Crippen LogP) is 1.19. The molecule has 0 heterocycles. The van der Waals surface area contributed by atoms with Gasteiger partial charge in [0.05, 0.1) is 6.54 Å². The molecule has 0 aliphatic rings. The standard InChI is InChI=1S/C12H18N2O/c1-8-4-9(2)11(10(3)5-8)6-14-7-12(13)15/h4-5,14H,6-7H2,1-3H3,(H2,13,15). The lowest BCUT2D eigenvalue weighted by Gasteiger charge is -2.11. The molecule has 0 unspecified atom stereocenters. The molecule has 1 amide bonds. The number of primary amides is 1. The number of carbonyl (C=O) groups excluding carboxylic acids is 1. The second-order valence-corrected chi connectivity index (χ2v) is 3.95. The van der Waals surface area contributed by atoms with Crippen LogP contribution in [0.1, 0.15) is 22.3 Å². The van der Waals surface area contributed by atoms with E-state index < -0.39 is 0 Å². The van der Waals surface area contributed by atoms with E-state index in [1.54, 1.807) is 0 Å². The van der Waals surface area contributed by atoms with Crippen LogP contribution in [0.15, 0.2) is 12.1 Å². The summed E-state index contributed by atoms with van der Waals surface area (Å²) in [6, 6.07) is 4.29. The maximum Gasteiger partial charge on any atom is 0.231 e. The first-order chi connectivity index (χ1) is 7.00. The van der Waals surface area contributed by atoms with Gasteiger partial charge in [-0.15, -0.1) is 0 Å². The van der Waals surface area contributed by atoms with Gasteiger partial charge < -0.3 is 11.1 Å². The van der Waals surface area contributed by atoms with Gasteiger partial charge in [-0.1, -0.05) is 17.7 Å². The maximum absolute atomic E-state index is 10.6. The van der Waals surface area contributed by atoms with E-state index in [1.165, 1.54) is 22.3 Å². The van der Waals surface area contributed by atoms with Crippen molar-refractivity contribution >= 4 is 5.91 Å². The fraction of sp³-hybridized carbons (Fsp3) is 0.417. The van der Waals surface area contributed by atoms with Crippen LogP contribution >= 0.6 is 0 Å². The van der Waals surface area contributed by atoms with Crippen LogP contribution in [0, 0.1) is 20.8 Å². The average Bonchev–Trinajstić information content (AvgIpc) is 2.08. The van der Waals surface area contributed by atoms with Crippen LogP contribution in [0.2, 0.25) is 0 Å². The number of aryl methyl sites for hydroxylation is 3. The van der Waals surface area contributed by atoms with Gasteiger partial charge in [0.1, 0.15) is 0 Å². The molecular formula is C12H18N2O. The zero-order valence-corrected chi connectivity index (χ0v) is 9.55. The zero-order valence-electron chi connectivity index (χ0n) is 9.55. The largest absolute Gasteiger partial charge is 0.369 e. The highest BCUT2D eigenvalue weighted by Gasteiger charge is 2.03. The highest BCUT2D eigenvalue weighted by atomic mass is 16.1. The summed E-state index contributed by atoms with van der Waals surface area (Å²) in [5.74, 6) is -0.322. The highest BCUT2D eigenvalue weighted by Crippen LogP contribution is 2.15. The first-order valence-corrected chi connectivity index (χ1v) is 5.06. The average molecular weight is 206 g/mol. The first-order valence-electron chi connectivity index (χ1n) is 5.06. The Morgan fingerprint density at radius 1 is 1.27 bits per heavy atom. The predicted molar refractivity (Wildman–Crippen MR) is 61.6 cm³/mol. The molecule has 15 heavy (non-hydrogen) atoms. The zero-order chi connectivity index (χ0) is 11.4. The Morgan fingerprint density at radius 2 is 1.80 bits per heavy atom. The SMILES string of the molecule is Cc1cc(C)c(CNCC(N)=O)c(C)c1. The minimum absolute atomic E-state index is 0.229. The Morgan fingerprint density at radius 3 is 2.27 bits per heavy atom. The number of hydrogen-bond acceptors (Lipinski definition) is 2. The number of benzene rings is 1. The molecule has 0 aliphatic heterocycles. The molecule has 0 saturated carbocycles. The molecule has 0 atom stereocenters. The molecular weight excluding hydrogens is 188 g/mol. The van der Waals surface area contributed by atoms with Crippen LogP contribution in [0.25, 0.3) is 0 Å². The number of rotatable bonds is 4. The summed E-state index contributed by atoms with van der Waals surface area (Å²) in [4.78, 5) is 10.6. The van der Waals surface area contributed by atoms with E-state index in [1.807, 2.05) is 0 Å². The third kappa shape index (κ3) is 3.36. The van der Waals surface area contributed by atoms with Crippen molar-refractivity contribution in [1.82, 2.24) is 5.32 Å². The third-order valence-electron chi connectivity index (χ3n) is 2.44. The van der Waals surface area contributed by atoms with Gasteiger partial charge in [-0.05, 0) is 37.5 Å². The minimum Gasteiger partial charge on any atom is -0.369 e. The van der Waals surface area contributed by atoms with Gasteiger partial charge in [-0.3, -0.25) is 4.79 Å². The van der Waals surface area contributed by atoms with E-state index >= 15 is 0 Å². The molecule has 0 aliphatic carbocycles. The Bertz CT molecular complexity index is 349. The second kappa shape index (κ2) is 4.94. The number of hydrogen-bond donors (Lipinski definition) is 2. The summed E-state index contributed by atoms with van der Waals surface area (Å²) in [7, 11) is 0. The van der Waals surface area contributed by atoms with Gasteiger partial charge in [0, 0.05) is 6.54 Å². The highest BCUT2D eigenvalue weighted by molar-refractivity contribution is 5.75. The lowest BCUT2D eigenvalue weighted by Crippen LogP contribution is -2.28. The fourth-order valence-electron chi connectivity index (χ4n) is 1.80. The molecule has 0 aromatic heterocycles. The van der Waals surface area contributed by atoms with Crippen LogP contribution < -0.4 is 11.1 Å². The van der Waals surface area contributed by atoms with Gasteiger partial charge in [0.15, 0.2) is 0 Å². The van der Waals surface area contributed by atoms with E-state index in [2.05, 4.69) is 38.2 Å². The Balaban J connectivity index is 2.72. The molecule has 3 N–H and O–H groups in total. The summed E-state index contributed by atoms with van der Waals surface area (Å²) >= 11 is 0. The smallest absolute Gasteiger partial charge is 0.231 e. The molecule has 82 valence electrons. The Hall–Kier alpha value is -1.35. The van der Waals surface area contributed by atoms with Gasteiger partial charge in [0.2, 0.25) is 5.91 Å². The normalized spacial score (nSPS) is 10.3. The third-order valence-corrected chi connectivity index (χ3v) is 2.44. The molecule has 0 fully saturated rings. The summed E-state index contributed by atoms with van der Waals surface area (Å²) in [5, 5.41) is 3.03. The fourth-order valence-corrected chi connectivity index (χ4v) is 1.80. The molecule has 1 aromatic rings. The summed E-state index contributed by atoms with van der Waals surface area (Å²) in [6.07, 6.45) is 0. The van der Waals surface area contributed by atoms with Gasteiger partial charge in [0.25, 0.3) is 0 Å². The molecule has 1 aromatic carbocycles. The molecule has 0 bridgehead atoms. The van der Waals surface area contributed by atoms with E-state index in [0.717, 1.165) is 0 Å². The molecule has 0 radical (unpaired) electrons. The molecule has 3 nitrogen and oxygen atoms in total. The van der Waals surface area contributed by atoms with E-state index in [0.29, 0.717) is 6.54 Å². The van der Waals surface area contributed by atoms with Crippen LogP contribution in [0.3, 0.4) is 0 Å². The number of carbonyl (C=O) groups is 1. The summed E-state index contributed by atoms with van der Waals surface area (Å²) in [6.45, 7) is 7.18. The number of nitrogens with two attached hydrogens (primary N) is 1. The van der Waals surface area contributed by atoms with Crippen molar-refractivity contribution in [3.8, 4) is 0 Å². The van der Waals surface area contributed by atoms with Crippen LogP contribution in [0.4, 0.5) is 0 Å². The molecule has 3 heteroatoms. The topological polar surface area (TPSA) is 55.1 Å². The summed E-state index contributed by atoms with van der Waals surface area (Å²) < 4.78 is 0. The Kier molecular flexibility index (Phi) is 3.86. The molecule has 0 saturated heterocycles. The molecule has 1 rings (SSSR count). The Labute approximate surface area is 90.7 Å². The van der Waals surface area contributed by atoms with Gasteiger partial charge >= 0.3 is 0 Å². The van der Waals surface area contributed by atoms with Crippen molar-refractivity contribution in [3.63, 3.8) is 0 Å². The van der Waals surface area contributed by atoms with Gasteiger partial charge in [-0.2, -0.15) is 0 Å². The monoisotopic (exact) mass is 206 g/mol.